The summed E-state index contributed by atoms with van der Waals surface area (Å²) in [5.74, 6) is 0.177. The molecule has 1 aromatic heterocycles. The molecule has 0 aliphatic carbocycles. The molecule has 0 unspecified atom stereocenters. The number of Topliss-reactive ketones (excluding diaryl/α,β-unsaturated/α-hetero) is 1. The van der Waals surface area contributed by atoms with Crippen LogP contribution in [-0.2, 0) is 13.0 Å². The zero-order valence-electron chi connectivity index (χ0n) is 17.0. The lowest BCUT2D eigenvalue weighted by molar-refractivity contribution is -0.690. The van der Waals surface area contributed by atoms with E-state index in [-0.39, 0.29) is 5.78 Å². The van der Waals surface area contributed by atoms with Crippen molar-refractivity contribution >= 4 is 5.78 Å². The highest BCUT2D eigenvalue weighted by molar-refractivity contribution is 5.94. The van der Waals surface area contributed by atoms with E-state index in [1.807, 2.05) is 42.6 Å². The maximum absolute atomic E-state index is 12.5. The molecular formula is C25H36NO+. The smallest absolute Gasteiger partial charge is 0.227 e. The average Bonchev–Trinajstić information content (AvgIpc) is 2.71. The minimum atomic E-state index is 0.177. The molecule has 1 heterocycles. The fourth-order valence-corrected chi connectivity index (χ4v) is 3.56. The van der Waals surface area contributed by atoms with E-state index in [0.29, 0.717) is 6.54 Å². The van der Waals surface area contributed by atoms with E-state index in [0.717, 1.165) is 12.0 Å². The number of hydrogen-bond acceptors (Lipinski definition) is 1. The number of nitrogens with zero attached hydrogens (tertiary/aromatic N) is 1. The molecule has 2 nitrogen and oxygen atoms in total. The molecule has 0 radical (unpaired) electrons. The first kappa shape index (κ1) is 21.3. The molecule has 0 spiro atoms. The molecule has 0 fully saturated rings. The van der Waals surface area contributed by atoms with Crippen LogP contribution in [0.1, 0.15) is 87.2 Å². The molecule has 0 amide bonds. The molecule has 1 aromatic carbocycles. The van der Waals surface area contributed by atoms with Gasteiger partial charge in [-0.1, -0.05) is 101 Å². The maximum atomic E-state index is 12.5. The Kier molecular flexibility index (Phi) is 10.5. The highest BCUT2D eigenvalue weighted by Gasteiger charge is 2.15. The van der Waals surface area contributed by atoms with Gasteiger partial charge in [0.15, 0.2) is 11.9 Å². The van der Waals surface area contributed by atoms with Gasteiger partial charge in [0.25, 0.3) is 0 Å². The summed E-state index contributed by atoms with van der Waals surface area (Å²) in [6, 6.07) is 15.8. The molecule has 0 aliphatic heterocycles. The van der Waals surface area contributed by atoms with E-state index in [1.54, 1.807) is 0 Å². The number of pyridine rings is 1. The van der Waals surface area contributed by atoms with Crippen LogP contribution in [0.2, 0.25) is 0 Å². The number of carbonyl (C=O) groups is 1. The van der Waals surface area contributed by atoms with Gasteiger partial charge in [-0.3, -0.25) is 4.79 Å². The summed E-state index contributed by atoms with van der Waals surface area (Å²) >= 11 is 0. The highest BCUT2D eigenvalue weighted by atomic mass is 16.1. The van der Waals surface area contributed by atoms with Crippen LogP contribution in [0.4, 0.5) is 0 Å². The van der Waals surface area contributed by atoms with Crippen LogP contribution in [0, 0.1) is 0 Å². The first-order chi connectivity index (χ1) is 13.3. The Bertz CT molecular complexity index is 650. The fraction of sp³-hybridized carbons (Fsp3) is 0.520. The van der Waals surface area contributed by atoms with Crippen molar-refractivity contribution in [3.05, 3.63) is 66.0 Å². The van der Waals surface area contributed by atoms with Crippen molar-refractivity contribution in [1.29, 1.82) is 0 Å². The van der Waals surface area contributed by atoms with Gasteiger partial charge in [-0.25, -0.2) is 0 Å². The molecule has 0 saturated carbocycles. The predicted octanol–water partition coefficient (Wildman–Crippen LogP) is 6.32. The predicted molar refractivity (Wildman–Crippen MR) is 113 cm³/mol. The second-order valence-electron chi connectivity index (χ2n) is 7.54. The van der Waals surface area contributed by atoms with Gasteiger partial charge in [-0.15, -0.1) is 0 Å². The van der Waals surface area contributed by atoms with E-state index in [9.17, 15) is 4.79 Å². The normalized spacial score (nSPS) is 10.9. The van der Waals surface area contributed by atoms with Gasteiger partial charge in [0.2, 0.25) is 12.3 Å². The lowest BCUT2D eigenvalue weighted by Crippen LogP contribution is -2.41. The highest BCUT2D eigenvalue weighted by Crippen LogP contribution is 2.11. The van der Waals surface area contributed by atoms with Crippen molar-refractivity contribution in [2.45, 2.75) is 84.1 Å². The summed E-state index contributed by atoms with van der Waals surface area (Å²) in [5, 5.41) is 0. The van der Waals surface area contributed by atoms with Crippen LogP contribution in [0.15, 0.2) is 54.7 Å². The second-order valence-corrected chi connectivity index (χ2v) is 7.54. The Morgan fingerprint density at radius 1 is 0.741 bits per heavy atom. The minimum absolute atomic E-state index is 0.177. The number of ketones is 1. The molecule has 2 rings (SSSR count). The molecule has 0 bridgehead atoms. The maximum Gasteiger partial charge on any atom is 0.227 e. The van der Waals surface area contributed by atoms with Crippen LogP contribution in [0.5, 0.6) is 0 Å². The molecular weight excluding hydrogens is 330 g/mol. The monoisotopic (exact) mass is 366 g/mol. The summed E-state index contributed by atoms with van der Waals surface area (Å²) in [4.78, 5) is 12.5. The van der Waals surface area contributed by atoms with E-state index in [4.69, 9.17) is 0 Å². The van der Waals surface area contributed by atoms with Gasteiger partial charge in [0, 0.05) is 24.1 Å². The third-order valence-electron chi connectivity index (χ3n) is 5.23. The van der Waals surface area contributed by atoms with Crippen molar-refractivity contribution in [2.24, 2.45) is 0 Å². The number of aryl methyl sites for hydroxylation is 1. The molecule has 146 valence electrons. The first-order valence-corrected chi connectivity index (χ1v) is 10.9. The Labute approximate surface area is 165 Å². The SMILES string of the molecule is CCCCCCCCCCCCc1cccc[n+]1CC(=O)c1ccccc1. The standard InChI is InChI=1S/C25H36NO/c1-2-3-4-5-6-7-8-9-10-14-19-24-20-15-16-21-26(24)22-25(27)23-17-12-11-13-18-23/h11-13,15-18,20-21H,2-10,14,19,22H2,1H3/q+1. The summed E-state index contributed by atoms with van der Waals surface area (Å²) in [6.45, 7) is 2.70. The van der Waals surface area contributed by atoms with Gasteiger partial charge in [0.1, 0.15) is 0 Å². The average molecular weight is 367 g/mol. The van der Waals surface area contributed by atoms with Crippen molar-refractivity contribution in [3.8, 4) is 0 Å². The molecule has 2 heteroatoms. The lowest BCUT2D eigenvalue weighted by Gasteiger charge is -2.05. The Morgan fingerprint density at radius 2 is 1.33 bits per heavy atom. The van der Waals surface area contributed by atoms with Crippen LogP contribution in [0.25, 0.3) is 0 Å². The lowest BCUT2D eigenvalue weighted by atomic mass is 10.0. The van der Waals surface area contributed by atoms with Gasteiger partial charge in [-0.05, 0) is 6.42 Å². The van der Waals surface area contributed by atoms with Crippen LogP contribution < -0.4 is 4.57 Å². The van der Waals surface area contributed by atoms with E-state index < -0.39 is 0 Å². The Hall–Kier alpha value is -1.96. The van der Waals surface area contributed by atoms with Crippen LogP contribution in [-0.4, -0.2) is 5.78 Å². The summed E-state index contributed by atoms with van der Waals surface area (Å²) in [7, 11) is 0. The quantitative estimate of drug-likeness (QED) is 0.218. The zero-order chi connectivity index (χ0) is 19.2. The van der Waals surface area contributed by atoms with Crippen molar-refractivity contribution in [1.82, 2.24) is 0 Å². The number of aromatic nitrogens is 1. The minimum Gasteiger partial charge on any atom is -0.287 e. The van der Waals surface area contributed by atoms with Gasteiger partial charge in [-0.2, -0.15) is 4.57 Å². The third kappa shape index (κ3) is 8.51. The Morgan fingerprint density at radius 3 is 2.00 bits per heavy atom. The molecule has 0 N–H and O–H groups in total. The summed E-state index contributed by atoms with van der Waals surface area (Å²) < 4.78 is 2.11. The van der Waals surface area contributed by atoms with Gasteiger partial charge in [0.05, 0.1) is 0 Å². The van der Waals surface area contributed by atoms with E-state index >= 15 is 0 Å². The number of hydrogen-bond donors (Lipinski definition) is 0. The number of unbranched alkanes of at least 4 members (excludes halogenated alkanes) is 9. The zero-order valence-corrected chi connectivity index (χ0v) is 17.0. The Balaban J connectivity index is 1.67. The second kappa shape index (κ2) is 13.2. The van der Waals surface area contributed by atoms with Crippen molar-refractivity contribution in [2.75, 3.05) is 0 Å². The molecule has 2 aromatic rings. The number of benzene rings is 1. The topological polar surface area (TPSA) is 20.9 Å². The van der Waals surface area contributed by atoms with Gasteiger partial charge < -0.3 is 0 Å². The molecule has 0 atom stereocenters. The van der Waals surface area contributed by atoms with Crippen LogP contribution >= 0.6 is 0 Å². The summed E-state index contributed by atoms with van der Waals surface area (Å²) in [5.41, 5.74) is 2.06. The molecule has 0 aliphatic rings. The number of carbonyl (C=O) groups excluding carboxylic acids is 1. The van der Waals surface area contributed by atoms with Crippen molar-refractivity contribution < 1.29 is 9.36 Å². The number of rotatable bonds is 14. The largest absolute Gasteiger partial charge is 0.287 e. The van der Waals surface area contributed by atoms with Crippen molar-refractivity contribution in [3.63, 3.8) is 0 Å². The van der Waals surface area contributed by atoms with E-state index in [2.05, 4.69) is 23.6 Å². The van der Waals surface area contributed by atoms with E-state index in [1.165, 1.54) is 69.9 Å². The first-order valence-electron chi connectivity index (χ1n) is 10.9. The van der Waals surface area contributed by atoms with Crippen LogP contribution in [0.3, 0.4) is 0 Å². The third-order valence-corrected chi connectivity index (χ3v) is 5.23. The summed E-state index contributed by atoms with van der Waals surface area (Å²) in [6.07, 6.45) is 16.6. The molecule has 27 heavy (non-hydrogen) atoms. The fourth-order valence-electron chi connectivity index (χ4n) is 3.56. The molecule has 0 saturated heterocycles. The van der Waals surface area contributed by atoms with Gasteiger partial charge >= 0.3 is 0 Å².